The first-order valence-corrected chi connectivity index (χ1v) is 11.0. The van der Waals surface area contributed by atoms with Crippen molar-refractivity contribution in [1.82, 2.24) is 0 Å². The molecular weight excluding hydrogens is 474 g/mol. The van der Waals surface area contributed by atoms with E-state index in [0.717, 1.165) is 15.6 Å². The van der Waals surface area contributed by atoms with Crippen LogP contribution in [0.1, 0.15) is 29.9 Å². The number of hydrogen-bond donors (Lipinski definition) is 0. The first kappa shape index (κ1) is 22.0. The van der Waals surface area contributed by atoms with Crippen LogP contribution in [0.5, 0.6) is 0 Å². The second kappa shape index (κ2) is 8.74. The molecule has 6 nitrogen and oxygen atoms in total. The van der Waals surface area contributed by atoms with Crippen molar-refractivity contribution >= 4 is 39.3 Å². The first-order chi connectivity index (χ1) is 15.4. The summed E-state index contributed by atoms with van der Waals surface area (Å²) in [6.45, 7) is 1.96. The number of halogens is 1. The summed E-state index contributed by atoms with van der Waals surface area (Å²) in [4.78, 5) is 41.0. The average Bonchev–Trinajstić information content (AvgIpc) is 3.19. The predicted octanol–water partition coefficient (Wildman–Crippen LogP) is 4.58. The number of rotatable bonds is 4. The normalized spacial score (nSPS) is 18.1. The van der Waals surface area contributed by atoms with E-state index in [9.17, 15) is 14.4 Å². The minimum Gasteiger partial charge on any atom is -0.466 e. The SMILES string of the molecule is COC(=O)C1=C(C(=O)OC)N(c2ccc(C)cc2)C2=C(C(=O)CC2)C1c1ccc(Br)cc1. The minimum absolute atomic E-state index is 0.0460. The fraction of sp³-hybridized carbons (Fsp3) is 0.240. The molecule has 2 aromatic carbocycles. The van der Waals surface area contributed by atoms with Crippen LogP contribution in [-0.2, 0) is 23.9 Å². The first-order valence-electron chi connectivity index (χ1n) is 10.2. The maximum Gasteiger partial charge on any atom is 0.355 e. The zero-order valence-corrected chi connectivity index (χ0v) is 19.6. The number of allylic oxidation sites excluding steroid dienone is 2. The molecule has 2 aromatic rings. The standard InChI is InChI=1S/C25H22BrNO5/c1-14-4-10-17(11-5-14)27-18-12-13-19(28)21(18)20(15-6-8-16(26)9-7-15)22(24(29)31-2)23(27)25(30)32-3/h4-11,20H,12-13H2,1-3H3. The molecule has 0 saturated heterocycles. The summed E-state index contributed by atoms with van der Waals surface area (Å²) in [5, 5.41) is 0. The Balaban J connectivity index is 2.06. The van der Waals surface area contributed by atoms with Gasteiger partial charge in [-0.15, -0.1) is 0 Å². The van der Waals surface area contributed by atoms with Gasteiger partial charge in [-0.2, -0.15) is 0 Å². The Morgan fingerprint density at radius 1 is 0.938 bits per heavy atom. The van der Waals surface area contributed by atoms with E-state index in [2.05, 4.69) is 15.9 Å². The van der Waals surface area contributed by atoms with Crippen LogP contribution >= 0.6 is 15.9 Å². The van der Waals surface area contributed by atoms with Crippen molar-refractivity contribution in [3.8, 4) is 0 Å². The number of benzene rings is 2. The molecule has 0 N–H and O–H groups in total. The summed E-state index contributed by atoms with van der Waals surface area (Å²) in [5.74, 6) is -2.12. The van der Waals surface area contributed by atoms with Crippen LogP contribution in [0, 0.1) is 6.92 Å². The molecule has 7 heteroatoms. The molecule has 2 aliphatic rings. The van der Waals surface area contributed by atoms with E-state index in [0.29, 0.717) is 29.8 Å². The Labute approximate surface area is 194 Å². The number of ether oxygens (including phenoxy) is 2. The zero-order chi connectivity index (χ0) is 23.0. The number of hydrogen-bond acceptors (Lipinski definition) is 6. The van der Waals surface area contributed by atoms with E-state index in [-0.39, 0.29) is 17.1 Å². The molecule has 1 aliphatic heterocycles. The quantitative estimate of drug-likeness (QED) is 0.578. The van der Waals surface area contributed by atoms with Crippen molar-refractivity contribution < 1.29 is 23.9 Å². The molecule has 0 aromatic heterocycles. The second-order valence-corrected chi connectivity index (χ2v) is 8.60. The summed E-state index contributed by atoms with van der Waals surface area (Å²) in [5.41, 5.74) is 3.84. The largest absolute Gasteiger partial charge is 0.466 e. The molecule has 1 atom stereocenters. The van der Waals surface area contributed by atoms with Crippen LogP contribution < -0.4 is 4.90 Å². The van der Waals surface area contributed by atoms with Crippen molar-refractivity contribution in [2.45, 2.75) is 25.7 Å². The maximum atomic E-state index is 13.1. The third-order valence-electron chi connectivity index (χ3n) is 5.81. The fourth-order valence-corrected chi connectivity index (χ4v) is 4.61. The lowest BCUT2D eigenvalue weighted by atomic mass is 9.79. The van der Waals surface area contributed by atoms with Crippen molar-refractivity contribution in [2.24, 2.45) is 0 Å². The van der Waals surface area contributed by atoms with Crippen LogP contribution in [0.3, 0.4) is 0 Å². The van der Waals surface area contributed by atoms with E-state index in [4.69, 9.17) is 9.47 Å². The summed E-state index contributed by atoms with van der Waals surface area (Å²) < 4.78 is 11.1. The molecule has 0 spiro atoms. The van der Waals surface area contributed by atoms with Crippen LogP contribution in [-0.4, -0.2) is 31.9 Å². The van der Waals surface area contributed by atoms with Gasteiger partial charge in [-0.1, -0.05) is 45.8 Å². The van der Waals surface area contributed by atoms with Gasteiger partial charge in [0.15, 0.2) is 5.78 Å². The van der Waals surface area contributed by atoms with E-state index >= 15 is 0 Å². The summed E-state index contributed by atoms with van der Waals surface area (Å²) in [7, 11) is 2.54. The van der Waals surface area contributed by atoms with Crippen molar-refractivity contribution in [2.75, 3.05) is 19.1 Å². The average molecular weight is 496 g/mol. The minimum atomic E-state index is -0.726. The molecule has 0 bridgehead atoms. The van der Waals surface area contributed by atoms with Gasteiger partial charge < -0.3 is 14.4 Å². The van der Waals surface area contributed by atoms with Gasteiger partial charge in [0.25, 0.3) is 0 Å². The van der Waals surface area contributed by atoms with Gasteiger partial charge in [-0.3, -0.25) is 4.79 Å². The summed E-state index contributed by atoms with van der Waals surface area (Å²) in [6, 6.07) is 14.9. The second-order valence-electron chi connectivity index (χ2n) is 7.68. The van der Waals surface area contributed by atoms with Gasteiger partial charge in [0.05, 0.1) is 19.8 Å². The van der Waals surface area contributed by atoms with E-state index < -0.39 is 17.9 Å². The number of aryl methyl sites for hydroxylation is 1. The molecule has 1 heterocycles. The summed E-state index contributed by atoms with van der Waals surface area (Å²) >= 11 is 3.42. The molecule has 4 rings (SSSR count). The van der Waals surface area contributed by atoms with E-state index in [1.165, 1.54) is 14.2 Å². The van der Waals surface area contributed by atoms with E-state index in [1.54, 1.807) is 4.90 Å². The summed E-state index contributed by atoms with van der Waals surface area (Å²) in [6.07, 6.45) is 0.771. The van der Waals surface area contributed by atoms with Gasteiger partial charge in [-0.25, -0.2) is 9.59 Å². The number of methoxy groups -OCH3 is 2. The molecule has 0 radical (unpaired) electrons. The number of nitrogens with zero attached hydrogens (tertiary/aromatic N) is 1. The maximum absolute atomic E-state index is 13.1. The molecule has 1 unspecified atom stereocenters. The van der Waals surface area contributed by atoms with Crippen LogP contribution in [0.25, 0.3) is 0 Å². The Morgan fingerprint density at radius 2 is 1.56 bits per heavy atom. The van der Waals surface area contributed by atoms with E-state index in [1.807, 2.05) is 55.5 Å². The van der Waals surface area contributed by atoms with Gasteiger partial charge in [0.2, 0.25) is 0 Å². The molecule has 0 amide bonds. The number of ketones is 1. The number of esters is 2. The molecular formula is C25H22BrNO5. The zero-order valence-electron chi connectivity index (χ0n) is 18.0. The lowest BCUT2D eigenvalue weighted by Crippen LogP contribution is -2.37. The molecule has 0 fully saturated rings. The van der Waals surface area contributed by atoms with Crippen molar-refractivity contribution in [3.63, 3.8) is 0 Å². The van der Waals surface area contributed by atoms with Gasteiger partial charge in [-0.05, 0) is 43.2 Å². The molecule has 1 aliphatic carbocycles. The van der Waals surface area contributed by atoms with Crippen molar-refractivity contribution in [1.29, 1.82) is 0 Å². The third kappa shape index (κ3) is 3.66. The number of anilines is 1. The number of carbonyl (C=O) groups excluding carboxylic acids is 3. The Bertz CT molecular complexity index is 1160. The highest BCUT2D eigenvalue weighted by Gasteiger charge is 2.47. The van der Waals surface area contributed by atoms with Crippen LogP contribution in [0.2, 0.25) is 0 Å². The molecule has 32 heavy (non-hydrogen) atoms. The predicted molar refractivity (Wildman–Crippen MR) is 123 cm³/mol. The monoisotopic (exact) mass is 495 g/mol. The van der Waals surface area contributed by atoms with Crippen LogP contribution in [0.15, 0.2) is 75.5 Å². The highest BCUT2D eigenvalue weighted by atomic mass is 79.9. The third-order valence-corrected chi connectivity index (χ3v) is 6.33. The Kier molecular flexibility index (Phi) is 6.02. The van der Waals surface area contributed by atoms with Gasteiger partial charge in [0, 0.05) is 33.8 Å². The highest BCUT2D eigenvalue weighted by Crippen LogP contribution is 2.49. The Hall–Kier alpha value is -3.19. The lowest BCUT2D eigenvalue weighted by molar-refractivity contribution is -0.139. The van der Waals surface area contributed by atoms with Gasteiger partial charge >= 0.3 is 11.9 Å². The molecule has 164 valence electrons. The Morgan fingerprint density at radius 3 is 2.16 bits per heavy atom. The fourth-order valence-electron chi connectivity index (χ4n) is 4.35. The number of carbonyl (C=O) groups is 3. The van der Waals surface area contributed by atoms with Crippen LogP contribution in [0.4, 0.5) is 5.69 Å². The van der Waals surface area contributed by atoms with Crippen molar-refractivity contribution in [3.05, 3.63) is 86.7 Å². The smallest absolute Gasteiger partial charge is 0.355 e. The molecule has 0 saturated carbocycles. The highest BCUT2D eigenvalue weighted by molar-refractivity contribution is 9.10. The number of Topliss-reactive ketones (excluding diaryl/α,β-unsaturated/α-hetero) is 1. The van der Waals surface area contributed by atoms with Gasteiger partial charge in [0.1, 0.15) is 5.70 Å². The topological polar surface area (TPSA) is 72.9 Å². The lowest BCUT2D eigenvalue weighted by Gasteiger charge is -2.37.